The Morgan fingerprint density at radius 1 is 0.286 bits per heavy atom. The summed E-state index contributed by atoms with van der Waals surface area (Å²) in [5.74, 6) is 1.52. The van der Waals surface area contributed by atoms with E-state index in [4.69, 9.17) is 9.97 Å². The van der Waals surface area contributed by atoms with Crippen LogP contribution in [0, 0.1) is 0 Å². The van der Waals surface area contributed by atoms with Crippen LogP contribution in [0.15, 0.2) is 206 Å². The van der Waals surface area contributed by atoms with E-state index in [0.717, 1.165) is 39.4 Å². The van der Waals surface area contributed by atoms with Gasteiger partial charge in [-0.3, -0.25) is 4.57 Å². The second-order valence-electron chi connectivity index (χ2n) is 14.2. The van der Waals surface area contributed by atoms with Gasteiger partial charge in [0, 0.05) is 44.4 Å². The Hall–Kier alpha value is -7.56. The van der Waals surface area contributed by atoms with E-state index < -0.39 is 0 Å². The van der Waals surface area contributed by atoms with Gasteiger partial charge in [-0.2, -0.15) is 0 Å². The van der Waals surface area contributed by atoms with Crippen LogP contribution >= 0.6 is 0 Å². The summed E-state index contributed by atoms with van der Waals surface area (Å²) in [5, 5.41) is 4.85. The maximum absolute atomic E-state index is 5.26. The Morgan fingerprint density at radius 2 is 0.786 bits per heavy atom. The molecule has 0 fully saturated rings. The molecule has 11 rings (SSSR count). The molecule has 4 heteroatoms. The molecule has 0 amide bonds. The number of hydrogen-bond donors (Lipinski definition) is 0. The molecular formula is C52H34N4. The van der Waals surface area contributed by atoms with Crippen LogP contribution in [0.2, 0.25) is 0 Å². The van der Waals surface area contributed by atoms with Crippen molar-refractivity contribution < 1.29 is 0 Å². The second-order valence-corrected chi connectivity index (χ2v) is 14.2. The first-order valence-corrected chi connectivity index (χ1v) is 19.0. The molecule has 0 atom stereocenters. The van der Waals surface area contributed by atoms with Gasteiger partial charge in [-0.15, -0.1) is 0 Å². The lowest BCUT2D eigenvalue weighted by atomic mass is 10.0. The van der Waals surface area contributed by atoms with E-state index in [1.807, 2.05) is 24.3 Å². The maximum atomic E-state index is 5.26. The minimum absolute atomic E-state index is 0.690. The number of rotatable bonds is 6. The molecule has 8 aromatic carbocycles. The summed E-state index contributed by atoms with van der Waals surface area (Å²) in [5.41, 5.74) is 13.3. The van der Waals surface area contributed by atoms with E-state index in [-0.39, 0.29) is 0 Å². The van der Waals surface area contributed by atoms with Gasteiger partial charge in [0.25, 0.3) is 0 Å². The van der Waals surface area contributed by atoms with Crippen molar-refractivity contribution in [3.05, 3.63) is 206 Å². The lowest BCUT2D eigenvalue weighted by Crippen LogP contribution is -2.02. The monoisotopic (exact) mass is 714 g/mol. The largest absolute Gasteiger partial charge is 0.309 e. The molecular weight excluding hydrogens is 681 g/mol. The summed E-state index contributed by atoms with van der Waals surface area (Å²) in [6.45, 7) is 0. The predicted molar refractivity (Wildman–Crippen MR) is 232 cm³/mol. The van der Waals surface area contributed by atoms with Gasteiger partial charge < -0.3 is 4.57 Å². The average Bonchev–Trinajstić information content (AvgIpc) is 3.79. The summed E-state index contributed by atoms with van der Waals surface area (Å²) in [6, 6.07) is 73.2. The van der Waals surface area contributed by atoms with E-state index in [2.05, 4.69) is 191 Å². The highest BCUT2D eigenvalue weighted by Crippen LogP contribution is 2.39. The molecule has 3 heterocycles. The molecule has 0 saturated heterocycles. The molecule has 11 aromatic rings. The third kappa shape index (κ3) is 5.31. The van der Waals surface area contributed by atoms with Crippen LogP contribution in [-0.4, -0.2) is 19.1 Å². The van der Waals surface area contributed by atoms with Crippen LogP contribution in [0.5, 0.6) is 0 Å². The van der Waals surface area contributed by atoms with Gasteiger partial charge in [0.15, 0.2) is 5.82 Å². The molecule has 0 saturated carbocycles. The highest BCUT2D eigenvalue weighted by molar-refractivity contribution is 6.12. The predicted octanol–water partition coefficient (Wildman–Crippen LogP) is 13.3. The second kappa shape index (κ2) is 13.1. The van der Waals surface area contributed by atoms with Crippen LogP contribution in [0.3, 0.4) is 0 Å². The third-order valence-electron chi connectivity index (χ3n) is 11.0. The zero-order valence-corrected chi connectivity index (χ0v) is 30.4. The van der Waals surface area contributed by atoms with Crippen molar-refractivity contribution in [1.82, 2.24) is 19.1 Å². The van der Waals surface area contributed by atoms with Crippen molar-refractivity contribution in [3.8, 4) is 56.4 Å². The fourth-order valence-electron chi connectivity index (χ4n) is 8.28. The standard InChI is InChI=1S/C52H34N4/c1-4-14-35(15-5-1)36-24-26-37(27-25-36)46-34-51(54-52(53-46)38-16-6-2-7-17-38)56-48-23-13-11-21-43(48)45-32-39(29-31-49(45)56)40-28-30-44-42-20-10-12-22-47(42)55(50(44)33-40)41-18-8-3-9-19-41/h1-34H. The molecule has 4 nitrogen and oxygen atoms in total. The van der Waals surface area contributed by atoms with Crippen LogP contribution in [0.25, 0.3) is 100 Å². The van der Waals surface area contributed by atoms with Crippen molar-refractivity contribution in [1.29, 1.82) is 0 Å². The molecule has 0 radical (unpaired) electrons. The molecule has 3 aromatic heterocycles. The van der Waals surface area contributed by atoms with E-state index in [0.29, 0.717) is 5.82 Å². The topological polar surface area (TPSA) is 35.6 Å². The van der Waals surface area contributed by atoms with Crippen molar-refractivity contribution in [2.24, 2.45) is 0 Å². The number of benzene rings is 8. The zero-order valence-electron chi connectivity index (χ0n) is 30.4. The van der Waals surface area contributed by atoms with Crippen LogP contribution < -0.4 is 0 Å². The Morgan fingerprint density at radius 3 is 1.52 bits per heavy atom. The smallest absolute Gasteiger partial charge is 0.162 e. The Bertz CT molecular complexity index is 3220. The number of aromatic nitrogens is 4. The molecule has 262 valence electrons. The van der Waals surface area contributed by atoms with Crippen molar-refractivity contribution in [2.45, 2.75) is 0 Å². The maximum Gasteiger partial charge on any atom is 0.162 e. The molecule has 0 N–H and O–H groups in total. The lowest BCUT2D eigenvalue weighted by molar-refractivity contribution is 1.05. The van der Waals surface area contributed by atoms with Gasteiger partial charge in [0.05, 0.1) is 27.8 Å². The minimum atomic E-state index is 0.690. The molecule has 0 spiro atoms. The van der Waals surface area contributed by atoms with Crippen LogP contribution in [0.4, 0.5) is 0 Å². The number of para-hydroxylation sites is 3. The van der Waals surface area contributed by atoms with Gasteiger partial charge in [0.2, 0.25) is 0 Å². The first kappa shape index (κ1) is 31.9. The number of nitrogens with zero attached hydrogens (tertiary/aromatic N) is 4. The summed E-state index contributed by atoms with van der Waals surface area (Å²) in [6.07, 6.45) is 0. The number of fused-ring (bicyclic) bond motifs is 6. The fourth-order valence-corrected chi connectivity index (χ4v) is 8.28. The van der Waals surface area contributed by atoms with Gasteiger partial charge in [0.1, 0.15) is 5.82 Å². The van der Waals surface area contributed by atoms with E-state index in [1.54, 1.807) is 0 Å². The summed E-state index contributed by atoms with van der Waals surface area (Å²) < 4.78 is 4.67. The van der Waals surface area contributed by atoms with Gasteiger partial charge >= 0.3 is 0 Å². The first-order valence-electron chi connectivity index (χ1n) is 19.0. The molecule has 0 aliphatic rings. The number of hydrogen-bond acceptors (Lipinski definition) is 2. The van der Waals surface area contributed by atoms with Gasteiger partial charge in [-0.1, -0.05) is 158 Å². The fraction of sp³-hybridized carbons (Fsp3) is 0. The molecule has 0 bridgehead atoms. The molecule has 0 unspecified atom stereocenters. The van der Waals surface area contributed by atoms with E-state index >= 15 is 0 Å². The van der Waals surface area contributed by atoms with E-state index in [1.165, 1.54) is 54.8 Å². The highest BCUT2D eigenvalue weighted by Gasteiger charge is 2.18. The SMILES string of the molecule is c1ccc(-c2ccc(-c3cc(-n4c5ccccc5c5cc(-c6ccc7c8ccccc8n(-c8ccccc8)c7c6)ccc54)nc(-c4ccccc4)n3)cc2)cc1. The summed E-state index contributed by atoms with van der Waals surface area (Å²) in [4.78, 5) is 10.4. The van der Waals surface area contributed by atoms with Crippen LogP contribution in [-0.2, 0) is 0 Å². The quantitative estimate of drug-likeness (QED) is 0.172. The summed E-state index contributed by atoms with van der Waals surface area (Å²) in [7, 11) is 0. The van der Waals surface area contributed by atoms with Crippen molar-refractivity contribution in [2.75, 3.05) is 0 Å². The van der Waals surface area contributed by atoms with Crippen LogP contribution in [0.1, 0.15) is 0 Å². The normalized spacial score (nSPS) is 11.6. The Labute approximate surface area is 324 Å². The van der Waals surface area contributed by atoms with Crippen molar-refractivity contribution >= 4 is 43.6 Å². The minimum Gasteiger partial charge on any atom is -0.309 e. The zero-order chi connectivity index (χ0) is 37.0. The molecule has 0 aliphatic heterocycles. The third-order valence-corrected chi connectivity index (χ3v) is 11.0. The summed E-state index contributed by atoms with van der Waals surface area (Å²) >= 11 is 0. The highest BCUT2D eigenvalue weighted by atomic mass is 15.1. The molecule has 56 heavy (non-hydrogen) atoms. The first-order chi connectivity index (χ1) is 27.8. The average molecular weight is 715 g/mol. The molecule has 0 aliphatic carbocycles. The lowest BCUT2D eigenvalue weighted by Gasteiger charge is -2.13. The van der Waals surface area contributed by atoms with Gasteiger partial charge in [-0.25, -0.2) is 9.97 Å². The van der Waals surface area contributed by atoms with Crippen molar-refractivity contribution in [3.63, 3.8) is 0 Å². The van der Waals surface area contributed by atoms with Gasteiger partial charge in [-0.05, 0) is 64.7 Å². The Kier molecular flexibility index (Phi) is 7.46. The van der Waals surface area contributed by atoms with E-state index in [9.17, 15) is 0 Å². The Balaban J connectivity index is 1.08.